The molecule has 9 heteroatoms. The molecule has 3 aromatic carbocycles. The Kier molecular flexibility index (Phi) is 5.18. The summed E-state index contributed by atoms with van der Waals surface area (Å²) in [7, 11) is 1.44. The Bertz CT molecular complexity index is 1460. The number of rotatable bonds is 4. The SMILES string of the molecule is COc1cc([C@@H]2Oc3ccc(-c4cc(=O)c5c(O)cc(O)cc5o4)cc3O[C@H]2CO)ccc1O. The number of fused-ring (bicyclic) bond motifs is 2. The van der Waals surface area contributed by atoms with Crippen LogP contribution in [0.3, 0.4) is 0 Å². The van der Waals surface area contributed by atoms with Gasteiger partial charge in [-0.3, -0.25) is 4.79 Å². The minimum Gasteiger partial charge on any atom is -0.508 e. The summed E-state index contributed by atoms with van der Waals surface area (Å²) >= 11 is 0. The zero-order chi connectivity index (χ0) is 24.0. The minimum absolute atomic E-state index is 0.0212. The highest BCUT2D eigenvalue weighted by Gasteiger charge is 2.33. The van der Waals surface area contributed by atoms with E-state index in [1.807, 2.05) is 0 Å². The number of aromatic hydroxyl groups is 3. The predicted octanol–water partition coefficient (Wildman–Crippen LogP) is 3.46. The number of phenolic OH excluding ortho intramolecular Hbond substituents is 3. The Labute approximate surface area is 192 Å². The molecule has 34 heavy (non-hydrogen) atoms. The number of ether oxygens (including phenoxy) is 3. The third-order valence-corrected chi connectivity index (χ3v) is 5.61. The summed E-state index contributed by atoms with van der Waals surface area (Å²) in [5.74, 6) is 0.563. The fraction of sp³-hybridized carbons (Fsp3) is 0.160. The lowest BCUT2D eigenvalue weighted by molar-refractivity contribution is -0.0123. The van der Waals surface area contributed by atoms with E-state index in [1.54, 1.807) is 30.3 Å². The van der Waals surface area contributed by atoms with Crippen molar-refractivity contribution in [3.63, 3.8) is 0 Å². The zero-order valence-corrected chi connectivity index (χ0v) is 17.9. The first-order valence-electron chi connectivity index (χ1n) is 10.3. The van der Waals surface area contributed by atoms with Crippen LogP contribution in [0.15, 0.2) is 63.8 Å². The molecule has 0 spiro atoms. The number of benzene rings is 3. The first-order chi connectivity index (χ1) is 16.4. The van der Waals surface area contributed by atoms with E-state index in [0.717, 1.165) is 6.07 Å². The van der Waals surface area contributed by atoms with Crippen LogP contribution < -0.4 is 19.6 Å². The van der Waals surface area contributed by atoms with E-state index in [4.69, 9.17) is 18.6 Å². The number of hydrogen-bond acceptors (Lipinski definition) is 9. The molecule has 4 aromatic rings. The van der Waals surface area contributed by atoms with Crippen LogP contribution in [-0.2, 0) is 0 Å². The van der Waals surface area contributed by atoms with Crippen LogP contribution >= 0.6 is 0 Å². The maximum Gasteiger partial charge on any atom is 0.197 e. The summed E-state index contributed by atoms with van der Waals surface area (Å²) in [4.78, 5) is 12.5. The van der Waals surface area contributed by atoms with Crippen LogP contribution in [-0.4, -0.2) is 40.2 Å². The van der Waals surface area contributed by atoms with Gasteiger partial charge in [0.05, 0.1) is 13.7 Å². The molecule has 0 saturated carbocycles. The minimum atomic E-state index is -0.755. The largest absolute Gasteiger partial charge is 0.508 e. The summed E-state index contributed by atoms with van der Waals surface area (Å²) in [6, 6.07) is 13.2. The van der Waals surface area contributed by atoms with Gasteiger partial charge in [-0.2, -0.15) is 0 Å². The van der Waals surface area contributed by atoms with Crippen LogP contribution in [0.1, 0.15) is 11.7 Å². The highest BCUT2D eigenvalue weighted by atomic mass is 16.6. The molecule has 2 atom stereocenters. The molecule has 0 bridgehead atoms. The molecule has 0 radical (unpaired) electrons. The lowest BCUT2D eigenvalue weighted by atomic mass is 10.0. The van der Waals surface area contributed by atoms with Gasteiger partial charge in [0.1, 0.15) is 28.2 Å². The van der Waals surface area contributed by atoms with Crippen molar-refractivity contribution in [3.05, 3.63) is 70.4 Å². The fourth-order valence-corrected chi connectivity index (χ4v) is 3.97. The molecule has 9 nitrogen and oxygen atoms in total. The monoisotopic (exact) mass is 464 g/mol. The van der Waals surface area contributed by atoms with Crippen LogP contribution in [0, 0.1) is 0 Å². The third-order valence-electron chi connectivity index (χ3n) is 5.61. The second-order valence-corrected chi connectivity index (χ2v) is 7.78. The highest BCUT2D eigenvalue weighted by molar-refractivity contribution is 5.86. The number of aliphatic hydroxyl groups is 1. The van der Waals surface area contributed by atoms with Crippen molar-refractivity contribution in [2.45, 2.75) is 12.2 Å². The van der Waals surface area contributed by atoms with Gasteiger partial charge in [0, 0.05) is 29.3 Å². The Hall–Kier alpha value is -4.37. The summed E-state index contributed by atoms with van der Waals surface area (Å²) in [6.07, 6.45) is -1.42. The summed E-state index contributed by atoms with van der Waals surface area (Å²) in [6.45, 7) is -0.346. The van der Waals surface area contributed by atoms with Crippen molar-refractivity contribution in [1.82, 2.24) is 0 Å². The number of hydrogen-bond donors (Lipinski definition) is 4. The average Bonchev–Trinajstić information content (AvgIpc) is 2.82. The van der Waals surface area contributed by atoms with Crippen molar-refractivity contribution in [1.29, 1.82) is 0 Å². The summed E-state index contributed by atoms with van der Waals surface area (Å²) in [5, 5.41) is 39.5. The molecule has 0 fully saturated rings. The lowest BCUT2D eigenvalue weighted by Gasteiger charge is -2.33. The van der Waals surface area contributed by atoms with Gasteiger partial charge < -0.3 is 39.1 Å². The zero-order valence-electron chi connectivity index (χ0n) is 17.9. The van der Waals surface area contributed by atoms with E-state index < -0.39 is 17.6 Å². The van der Waals surface area contributed by atoms with Crippen molar-refractivity contribution < 1.29 is 39.1 Å². The first-order valence-corrected chi connectivity index (χ1v) is 10.3. The van der Waals surface area contributed by atoms with Gasteiger partial charge in [-0.15, -0.1) is 0 Å². The Morgan fingerprint density at radius 2 is 1.74 bits per heavy atom. The van der Waals surface area contributed by atoms with E-state index in [1.165, 1.54) is 25.3 Å². The lowest BCUT2D eigenvalue weighted by Crippen LogP contribution is -2.36. The van der Waals surface area contributed by atoms with E-state index in [-0.39, 0.29) is 46.3 Å². The van der Waals surface area contributed by atoms with Gasteiger partial charge in [-0.25, -0.2) is 0 Å². The van der Waals surface area contributed by atoms with E-state index in [0.29, 0.717) is 22.6 Å². The van der Waals surface area contributed by atoms with E-state index in [9.17, 15) is 25.2 Å². The molecule has 0 aliphatic carbocycles. The van der Waals surface area contributed by atoms with Crippen LogP contribution in [0.5, 0.6) is 34.5 Å². The quantitative estimate of drug-likeness (QED) is 0.358. The third kappa shape index (κ3) is 3.61. The molecule has 0 amide bonds. The van der Waals surface area contributed by atoms with Gasteiger partial charge in [0.25, 0.3) is 0 Å². The Morgan fingerprint density at radius 1 is 0.912 bits per heavy atom. The van der Waals surface area contributed by atoms with E-state index in [2.05, 4.69) is 0 Å². The molecular weight excluding hydrogens is 444 g/mol. The highest BCUT2D eigenvalue weighted by Crippen LogP contribution is 2.43. The average molecular weight is 464 g/mol. The maximum absolute atomic E-state index is 12.5. The smallest absolute Gasteiger partial charge is 0.197 e. The standard InChI is InChI=1S/C25H20O9/c1-31-20-7-13(2-4-15(20)28)25-23(11-26)33-21-6-12(3-5-18(21)34-25)19-10-17(30)24-16(29)8-14(27)9-22(24)32-19/h2-10,23,25-29H,11H2,1H3/t23-,25-/m0/s1. The van der Waals surface area contributed by atoms with Crippen LogP contribution in [0.25, 0.3) is 22.3 Å². The number of phenols is 3. The molecule has 2 heterocycles. The predicted molar refractivity (Wildman–Crippen MR) is 121 cm³/mol. The number of aliphatic hydroxyl groups excluding tert-OH is 1. The second-order valence-electron chi connectivity index (χ2n) is 7.78. The second kappa shape index (κ2) is 8.20. The van der Waals surface area contributed by atoms with Gasteiger partial charge in [0.15, 0.2) is 40.6 Å². The molecular formula is C25H20O9. The normalized spacial score (nSPS) is 17.0. The molecule has 5 rings (SSSR count). The van der Waals surface area contributed by atoms with Crippen molar-refractivity contribution in [2.75, 3.05) is 13.7 Å². The number of methoxy groups -OCH3 is 1. The molecule has 1 aliphatic rings. The van der Waals surface area contributed by atoms with Crippen LogP contribution in [0.4, 0.5) is 0 Å². The molecule has 0 unspecified atom stereocenters. The summed E-state index contributed by atoms with van der Waals surface area (Å²) in [5.41, 5.74) is 0.692. The van der Waals surface area contributed by atoms with Gasteiger partial charge in [-0.05, 0) is 30.3 Å². The maximum atomic E-state index is 12.5. The fourth-order valence-electron chi connectivity index (χ4n) is 3.97. The van der Waals surface area contributed by atoms with E-state index >= 15 is 0 Å². The Morgan fingerprint density at radius 3 is 2.50 bits per heavy atom. The molecule has 1 aliphatic heterocycles. The van der Waals surface area contributed by atoms with Gasteiger partial charge in [-0.1, -0.05) is 6.07 Å². The van der Waals surface area contributed by atoms with Crippen molar-refractivity contribution in [3.8, 4) is 45.8 Å². The Balaban J connectivity index is 1.53. The van der Waals surface area contributed by atoms with Gasteiger partial charge >= 0.3 is 0 Å². The van der Waals surface area contributed by atoms with Crippen molar-refractivity contribution >= 4 is 11.0 Å². The van der Waals surface area contributed by atoms with Crippen LogP contribution in [0.2, 0.25) is 0 Å². The van der Waals surface area contributed by atoms with Gasteiger partial charge in [0.2, 0.25) is 0 Å². The summed E-state index contributed by atoms with van der Waals surface area (Å²) < 4.78 is 23.0. The molecule has 4 N–H and O–H groups in total. The van der Waals surface area contributed by atoms with Crippen molar-refractivity contribution in [2.24, 2.45) is 0 Å². The molecule has 174 valence electrons. The molecule has 0 saturated heterocycles. The first kappa shape index (κ1) is 21.5. The topological polar surface area (TPSA) is 139 Å². The molecule has 1 aromatic heterocycles.